The van der Waals surface area contributed by atoms with Gasteiger partial charge in [0.1, 0.15) is 0 Å². The number of carbonyl (C=O) groups is 2. The zero-order valence-electron chi connectivity index (χ0n) is 13.2. The van der Waals surface area contributed by atoms with Gasteiger partial charge in [0.05, 0.1) is 13.2 Å². The standard InChI is InChI=1S/C17H30O4/c18-16-12-8-9-13-17(19)21-15-11-7-5-3-1-2-4-6-10-14-20-16/h1-15H2. The molecule has 1 fully saturated rings. The Balaban J connectivity index is 2.20. The fourth-order valence-corrected chi connectivity index (χ4v) is 2.50. The molecule has 1 saturated heterocycles. The van der Waals surface area contributed by atoms with Gasteiger partial charge in [0.25, 0.3) is 0 Å². The summed E-state index contributed by atoms with van der Waals surface area (Å²) in [5.41, 5.74) is 0. The molecule has 21 heavy (non-hydrogen) atoms. The first-order valence-electron chi connectivity index (χ1n) is 8.60. The van der Waals surface area contributed by atoms with Gasteiger partial charge in [-0.2, -0.15) is 0 Å². The number of ether oxygens (including phenoxy) is 2. The first kappa shape index (κ1) is 18.0. The Kier molecular flexibility index (Phi) is 10.8. The van der Waals surface area contributed by atoms with Gasteiger partial charge < -0.3 is 9.47 Å². The number of rotatable bonds is 0. The van der Waals surface area contributed by atoms with Crippen molar-refractivity contribution in [2.24, 2.45) is 0 Å². The Bertz CT molecular complexity index is 261. The summed E-state index contributed by atoms with van der Waals surface area (Å²) < 4.78 is 10.4. The van der Waals surface area contributed by atoms with Crippen LogP contribution in [0.2, 0.25) is 0 Å². The minimum absolute atomic E-state index is 0.138. The van der Waals surface area contributed by atoms with E-state index in [2.05, 4.69) is 0 Å². The van der Waals surface area contributed by atoms with Crippen LogP contribution < -0.4 is 0 Å². The van der Waals surface area contributed by atoms with Gasteiger partial charge >= 0.3 is 11.9 Å². The highest BCUT2D eigenvalue weighted by atomic mass is 16.5. The second kappa shape index (κ2) is 12.7. The molecule has 0 aromatic rings. The summed E-state index contributed by atoms with van der Waals surface area (Å²) >= 11 is 0. The van der Waals surface area contributed by atoms with Crippen LogP contribution >= 0.6 is 0 Å². The smallest absolute Gasteiger partial charge is 0.305 e. The van der Waals surface area contributed by atoms with Crippen LogP contribution in [-0.2, 0) is 19.1 Å². The largest absolute Gasteiger partial charge is 0.466 e. The van der Waals surface area contributed by atoms with Crippen LogP contribution in [0.5, 0.6) is 0 Å². The Morgan fingerprint density at radius 3 is 1.19 bits per heavy atom. The lowest BCUT2D eigenvalue weighted by Crippen LogP contribution is -2.08. The molecule has 0 amide bonds. The Morgan fingerprint density at radius 2 is 0.810 bits per heavy atom. The Hall–Kier alpha value is -1.06. The van der Waals surface area contributed by atoms with Gasteiger partial charge in [-0.3, -0.25) is 9.59 Å². The zero-order chi connectivity index (χ0) is 15.2. The molecule has 122 valence electrons. The molecular formula is C17H30O4. The van der Waals surface area contributed by atoms with Crippen molar-refractivity contribution in [1.82, 2.24) is 0 Å². The van der Waals surface area contributed by atoms with E-state index >= 15 is 0 Å². The first-order chi connectivity index (χ1) is 10.3. The van der Waals surface area contributed by atoms with Gasteiger partial charge in [-0.05, 0) is 25.7 Å². The summed E-state index contributed by atoms with van der Waals surface area (Å²) in [6.07, 6.45) is 12.7. The molecule has 0 bridgehead atoms. The van der Waals surface area contributed by atoms with Crippen LogP contribution in [0, 0.1) is 0 Å². The van der Waals surface area contributed by atoms with Crippen LogP contribution in [0.15, 0.2) is 0 Å². The molecule has 1 aliphatic heterocycles. The van der Waals surface area contributed by atoms with E-state index in [0.29, 0.717) is 38.9 Å². The maximum absolute atomic E-state index is 11.5. The SMILES string of the molecule is O=C1CCCCC(=O)OCCCCCCCCCCCO1. The fourth-order valence-electron chi connectivity index (χ4n) is 2.50. The lowest BCUT2D eigenvalue weighted by atomic mass is 10.1. The van der Waals surface area contributed by atoms with Crippen molar-refractivity contribution in [3.8, 4) is 0 Å². The van der Waals surface area contributed by atoms with E-state index in [4.69, 9.17) is 9.47 Å². The minimum atomic E-state index is -0.138. The van der Waals surface area contributed by atoms with Crippen molar-refractivity contribution in [1.29, 1.82) is 0 Å². The topological polar surface area (TPSA) is 52.6 Å². The van der Waals surface area contributed by atoms with E-state index in [1.165, 1.54) is 32.1 Å². The maximum atomic E-state index is 11.5. The molecule has 1 rings (SSSR count). The van der Waals surface area contributed by atoms with Gasteiger partial charge in [-0.15, -0.1) is 0 Å². The summed E-state index contributed by atoms with van der Waals surface area (Å²) in [5, 5.41) is 0. The quantitative estimate of drug-likeness (QED) is 0.630. The van der Waals surface area contributed by atoms with Crippen LogP contribution in [0.1, 0.15) is 83.5 Å². The molecular weight excluding hydrogens is 268 g/mol. The molecule has 4 heteroatoms. The van der Waals surface area contributed by atoms with Crippen LogP contribution in [0.3, 0.4) is 0 Å². The minimum Gasteiger partial charge on any atom is -0.466 e. The molecule has 4 nitrogen and oxygen atoms in total. The van der Waals surface area contributed by atoms with Crippen molar-refractivity contribution in [3.05, 3.63) is 0 Å². The summed E-state index contributed by atoms with van der Waals surface area (Å²) in [6.45, 7) is 1.09. The van der Waals surface area contributed by atoms with E-state index in [-0.39, 0.29) is 11.9 Å². The molecule has 0 atom stereocenters. The third kappa shape index (κ3) is 11.3. The molecule has 0 spiro atoms. The molecule has 0 radical (unpaired) electrons. The van der Waals surface area contributed by atoms with Crippen LogP contribution in [0.25, 0.3) is 0 Å². The summed E-state index contributed by atoms with van der Waals surface area (Å²) in [5.74, 6) is -0.275. The molecule has 0 aromatic heterocycles. The molecule has 0 unspecified atom stereocenters. The maximum Gasteiger partial charge on any atom is 0.305 e. The van der Waals surface area contributed by atoms with E-state index in [9.17, 15) is 9.59 Å². The second-order valence-corrected chi connectivity index (χ2v) is 5.83. The fraction of sp³-hybridized carbons (Fsp3) is 0.882. The highest BCUT2D eigenvalue weighted by Gasteiger charge is 2.06. The number of cyclic esters (lactones) is 2. The second-order valence-electron chi connectivity index (χ2n) is 5.83. The summed E-state index contributed by atoms with van der Waals surface area (Å²) in [4.78, 5) is 22.9. The monoisotopic (exact) mass is 298 g/mol. The molecule has 1 aliphatic rings. The number of hydrogen-bond donors (Lipinski definition) is 0. The predicted molar refractivity (Wildman–Crippen MR) is 81.9 cm³/mol. The van der Waals surface area contributed by atoms with E-state index in [0.717, 1.165) is 25.7 Å². The van der Waals surface area contributed by atoms with Gasteiger partial charge in [0, 0.05) is 12.8 Å². The third-order valence-electron chi connectivity index (χ3n) is 3.83. The van der Waals surface area contributed by atoms with Crippen LogP contribution in [-0.4, -0.2) is 25.2 Å². The van der Waals surface area contributed by atoms with Crippen LogP contribution in [0.4, 0.5) is 0 Å². The predicted octanol–water partition coefficient (Wildman–Crippen LogP) is 4.16. The summed E-state index contributed by atoms with van der Waals surface area (Å²) in [6, 6.07) is 0. The van der Waals surface area contributed by atoms with Crippen molar-refractivity contribution < 1.29 is 19.1 Å². The van der Waals surface area contributed by atoms with Gasteiger partial charge in [0.15, 0.2) is 0 Å². The third-order valence-corrected chi connectivity index (χ3v) is 3.83. The number of hydrogen-bond acceptors (Lipinski definition) is 4. The molecule has 1 heterocycles. The highest BCUT2D eigenvalue weighted by Crippen LogP contribution is 2.11. The van der Waals surface area contributed by atoms with Crippen molar-refractivity contribution >= 4 is 11.9 Å². The number of esters is 2. The highest BCUT2D eigenvalue weighted by molar-refractivity contribution is 5.70. The first-order valence-corrected chi connectivity index (χ1v) is 8.60. The summed E-state index contributed by atoms with van der Waals surface area (Å²) in [7, 11) is 0. The van der Waals surface area contributed by atoms with E-state index in [1.54, 1.807) is 0 Å². The van der Waals surface area contributed by atoms with Crippen molar-refractivity contribution in [2.45, 2.75) is 83.5 Å². The van der Waals surface area contributed by atoms with Gasteiger partial charge in [0.2, 0.25) is 0 Å². The molecule has 0 aromatic carbocycles. The molecule has 0 aliphatic carbocycles. The molecule has 0 saturated carbocycles. The normalized spacial score (nSPS) is 22.3. The molecule has 0 N–H and O–H groups in total. The van der Waals surface area contributed by atoms with E-state index in [1.807, 2.05) is 0 Å². The number of carbonyl (C=O) groups excluding carboxylic acids is 2. The van der Waals surface area contributed by atoms with Gasteiger partial charge in [-0.25, -0.2) is 0 Å². The van der Waals surface area contributed by atoms with Gasteiger partial charge in [-0.1, -0.05) is 44.9 Å². The Labute approximate surface area is 128 Å². The van der Waals surface area contributed by atoms with E-state index < -0.39 is 0 Å². The lowest BCUT2D eigenvalue weighted by molar-refractivity contribution is -0.146. The average molecular weight is 298 g/mol. The average Bonchev–Trinajstić information content (AvgIpc) is 2.47. The van der Waals surface area contributed by atoms with Crippen molar-refractivity contribution in [2.75, 3.05) is 13.2 Å². The zero-order valence-corrected chi connectivity index (χ0v) is 13.2. The Morgan fingerprint density at radius 1 is 0.476 bits per heavy atom. The van der Waals surface area contributed by atoms with Crippen molar-refractivity contribution in [3.63, 3.8) is 0 Å². The lowest BCUT2D eigenvalue weighted by Gasteiger charge is -2.05.